The summed E-state index contributed by atoms with van der Waals surface area (Å²) in [5.41, 5.74) is 0. The zero-order chi connectivity index (χ0) is 72.1. The van der Waals surface area contributed by atoms with Crippen LogP contribution in [0.25, 0.3) is 0 Å². The van der Waals surface area contributed by atoms with E-state index in [1.54, 1.807) is 0 Å². The van der Waals surface area contributed by atoms with E-state index in [-0.39, 0.29) is 25.7 Å². The minimum atomic E-state index is -4.96. The quantitative estimate of drug-likeness (QED) is 0.0222. The van der Waals surface area contributed by atoms with Crippen LogP contribution in [0.4, 0.5) is 0 Å². The first-order valence-corrected chi connectivity index (χ1v) is 44.0. The predicted molar refractivity (Wildman–Crippen MR) is 400 cm³/mol. The van der Waals surface area contributed by atoms with Gasteiger partial charge in [-0.15, -0.1) is 0 Å². The number of aliphatic hydroxyl groups is 1. The van der Waals surface area contributed by atoms with Crippen molar-refractivity contribution in [3.05, 3.63) is 0 Å². The van der Waals surface area contributed by atoms with Gasteiger partial charge in [0.2, 0.25) is 0 Å². The number of ether oxygens (including phenoxy) is 4. The van der Waals surface area contributed by atoms with Gasteiger partial charge in [-0.1, -0.05) is 363 Å². The van der Waals surface area contributed by atoms with Crippen LogP contribution in [0.15, 0.2) is 0 Å². The molecule has 0 aromatic rings. The number of rotatable bonds is 78. The summed E-state index contributed by atoms with van der Waals surface area (Å²) in [4.78, 5) is 72.7. The van der Waals surface area contributed by atoms with Gasteiger partial charge in [0.1, 0.15) is 19.3 Å². The number of hydrogen-bond donors (Lipinski definition) is 3. The number of aliphatic hydroxyl groups excluding tert-OH is 1. The zero-order valence-electron chi connectivity index (χ0n) is 64.1. The monoisotopic (exact) mass is 1440 g/mol. The minimum absolute atomic E-state index is 0.104. The van der Waals surface area contributed by atoms with Crippen molar-refractivity contribution in [3.8, 4) is 0 Å². The largest absolute Gasteiger partial charge is 0.472 e. The summed E-state index contributed by atoms with van der Waals surface area (Å²) < 4.78 is 68.5. The Morgan fingerprint density at radius 1 is 0.296 bits per heavy atom. The highest BCUT2D eigenvalue weighted by atomic mass is 31.2. The van der Waals surface area contributed by atoms with Crippen LogP contribution in [0.5, 0.6) is 0 Å². The molecule has 0 aliphatic carbocycles. The molecule has 0 aromatic heterocycles. The molecule has 19 heteroatoms. The second kappa shape index (κ2) is 70.7. The molecule has 0 aliphatic rings. The maximum atomic E-state index is 13.1. The van der Waals surface area contributed by atoms with Gasteiger partial charge in [-0.3, -0.25) is 37.3 Å². The topological polar surface area (TPSA) is 237 Å². The average molecular weight is 1440 g/mol. The maximum Gasteiger partial charge on any atom is 0.472 e. The van der Waals surface area contributed by atoms with E-state index < -0.39 is 97.5 Å². The van der Waals surface area contributed by atoms with Crippen molar-refractivity contribution in [2.45, 2.75) is 432 Å². The maximum absolute atomic E-state index is 13.1. The van der Waals surface area contributed by atoms with Crippen LogP contribution in [0, 0.1) is 11.8 Å². The highest BCUT2D eigenvalue weighted by Crippen LogP contribution is 2.45. The van der Waals surface area contributed by atoms with Crippen molar-refractivity contribution in [1.29, 1.82) is 0 Å². The first-order chi connectivity index (χ1) is 47.4. The lowest BCUT2D eigenvalue weighted by molar-refractivity contribution is -0.161. The molecule has 3 unspecified atom stereocenters. The first kappa shape index (κ1) is 96.1. The molecular weight excluding hydrogens is 1280 g/mol. The molecule has 0 heterocycles. The number of esters is 4. The highest BCUT2D eigenvalue weighted by Gasteiger charge is 2.30. The number of phosphoric ester groups is 2. The van der Waals surface area contributed by atoms with Crippen molar-refractivity contribution >= 4 is 39.5 Å². The van der Waals surface area contributed by atoms with E-state index >= 15 is 0 Å². The third-order valence-corrected chi connectivity index (χ3v) is 20.7. The molecule has 0 saturated carbocycles. The number of phosphoric acid groups is 2. The molecule has 0 fully saturated rings. The third-order valence-electron chi connectivity index (χ3n) is 18.8. The highest BCUT2D eigenvalue weighted by molar-refractivity contribution is 7.47. The van der Waals surface area contributed by atoms with Crippen LogP contribution in [0.3, 0.4) is 0 Å². The fourth-order valence-corrected chi connectivity index (χ4v) is 13.7. The Morgan fingerprint density at radius 2 is 0.520 bits per heavy atom. The summed E-state index contributed by atoms with van der Waals surface area (Å²) in [5, 5.41) is 10.6. The molecule has 0 spiro atoms. The fourth-order valence-electron chi connectivity index (χ4n) is 12.2. The van der Waals surface area contributed by atoms with E-state index in [0.29, 0.717) is 31.6 Å². The molecule has 3 N–H and O–H groups in total. The van der Waals surface area contributed by atoms with E-state index in [0.717, 1.165) is 102 Å². The SMILES string of the molecule is CCCCCCCCCCCCCCCCCCCCCCCCC(=O)O[C@H](COC(=O)CCCCCCCCCCCCCCCCC(C)CC)COP(=O)(O)OC[C@@H](O)COP(=O)(O)OC[C@@H](COC(=O)CCCCCCCCCC)OC(=O)CCCCCCCCCC(C)C. The van der Waals surface area contributed by atoms with Crippen LogP contribution < -0.4 is 0 Å². The van der Waals surface area contributed by atoms with Crippen molar-refractivity contribution in [3.63, 3.8) is 0 Å². The molecule has 6 atom stereocenters. The van der Waals surface area contributed by atoms with Crippen molar-refractivity contribution < 1.29 is 80.2 Å². The lowest BCUT2D eigenvalue weighted by atomic mass is 9.99. The van der Waals surface area contributed by atoms with Crippen LogP contribution in [-0.2, 0) is 65.4 Å². The number of carbonyl (C=O) groups is 4. The van der Waals surface area contributed by atoms with Gasteiger partial charge in [0.25, 0.3) is 0 Å². The van der Waals surface area contributed by atoms with Gasteiger partial charge in [0.05, 0.1) is 26.4 Å². The summed E-state index contributed by atoms with van der Waals surface area (Å²) in [6.45, 7) is 9.57. The van der Waals surface area contributed by atoms with Crippen molar-refractivity contribution in [2.75, 3.05) is 39.6 Å². The third kappa shape index (κ3) is 71.1. The zero-order valence-corrected chi connectivity index (χ0v) is 65.9. The Morgan fingerprint density at radius 3 is 0.776 bits per heavy atom. The smallest absolute Gasteiger partial charge is 0.462 e. The summed E-state index contributed by atoms with van der Waals surface area (Å²) >= 11 is 0. The van der Waals surface area contributed by atoms with E-state index in [1.807, 2.05) is 0 Å². The van der Waals surface area contributed by atoms with Gasteiger partial charge in [-0.25, -0.2) is 9.13 Å². The Bertz CT molecular complexity index is 1890. The van der Waals surface area contributed by atoms with Gasteiger partial charge in [-0.2, -0.15) is 0 Å². The van der Waals surface area contributed by atoms with Crippen molar-refractivity contribution in [1.82, 2.24) is 0 Å². The van der Waals surface area contributed by atoms with Crippen molar-refractivity contribution in [2.24, 2.45) is 11.8 Å². The van der Waals surface area contributed by atoms with E-state index in [2.05, 4.69) is 41.5 Å². The summed E-state index contributed by atoms with van der Waals surface area (Å²) in [6, 6.07) is 0. The normalized spacial score (nSPS) is 14.2. The van der Waals surface area contributed by atoms with Gasteiger partial charge < -0.3 is 33.8 Å². The first-order valence-electron chi connectivity index (χ1n) is 41.0. The molecule has 98 heavy (non-hydrogen) atoms. The minimum Gasteiger partial charge on any atom is -0.462 e. The van der Waals surface area contributed by atoms with Crippen LogP contribution >= 0.6 is 15.6 Å². The molecule has 0 aliphatic heterocycles. The van der Waals surface area contributed by atoms with Crippen LogP contribution in [0.2, 0.25) is 0 Å². The van der Waals surface area contributed by atoms with Gasteiger partial charge in [0.15, 0.2) is 12.2 Å². The Hall–Kier alpha value is -1.94. The molecule has 0 aromatic carbocycles. The number of unbranched alkanes of at least 4 members (excludes halogenated alkanes) is 47. The standard InChI is InChI=1S/C79H154O17P2/c1-7-10-12-14-16-18-19-20-21-22-23-24-25-26-27-28-33-36-39-45-51-57-63-78(83)95-74(68-90-77(82)62-56-50-44-38-35-32-30-29-31-34-37-42-48-54-60-72(6)9-3)69-93-97(85,86)91-65-73(80)66-92-98(87,88)94-70-75(67-89-76(81)61-55-49-43-17-15-13-11-8-2)96-79(84)64-58-52-46-40-41-47-53-59-71(4)5/h71-75,80H,7-70H2,1-6H3,(H,85,86)(H,87,88)/t72?,73-,74-,75-/m1/s1. The predicted octanol–water partition coefficient (Wildman–Crippen LogP) is 23.5. The summed E-state index contributed by atoms with van der Waals surface area (Å²) in [7, 11) is -9.91. The fraction of sp³-hybridized carbons (Fsp3) is 0.949. The molecule has 17 nitrogen and oxygen atoms in total. The van der Waals surface area contributed by atoms with Gasteiger partial charge in [0, 0.05) is 25.7 Å². The van der Waals surface area contributed by atoms with Gasteiger partial charge in [-0.05, 0) is 37.5 Å². The molecule has 0 saturated heterocycles. The molecule has 0 radical (unpaired) electrons. The molecule has 0 bridgehead atoms. The number of carbonyl (C=O) groups excluding carboxylic acids is 4. The lowest BCUT2D eigenvalue weighted by Gasteiger charge is -2.21. The summed E-state index contributed by atoms with van der Waals surface area (Å²) in [6.07, 6.45) is 60.0. The molecule has 0 rings (SSSR count). The molecular formula is C79H154O17P2. The Labute approximate surface area is 600 Å². The number of hydrogen-bond acceptors (Lipinski definition) is 15. The van der Waals surface area contributed by atoms with E-state index in [9.17, 15) is 43.2 Å². The Balaban J connectivity index is 5.16. The Kier molecular flexibility index (Phi) is 69.3. The second-order valence-electron chi connectivity index (χ2n) is 29.2. The molecule has 582 valence electrons. The summed E-state index contributed by atoms with van der Waals surface area (Å²) in [5.74, 6) is -0.573. The van der Waals surface area contributed by atoms with Crippen LogP contribution in [-0.4, -0.2) is 96.7 Å². The van der Waals surface area contributed by atoms with E-state index in [4.69, 9.17) is 37.0 Å². The molecule has 0 amide bonds. The average Bonchev–Trinajstić information content (AvgIpc) is 0.973. The lowest BCUT2D eigenvalue weighted by Crippen LogP contribution is -2.30. The van der Waals surface area contributed by atoms with E-state index in [1.165, 1.54) is 225 Å². The second-order valence-corrected chi connectivity index (χ2v) is 32.1. The van der Waals surface area contributed by atoms with Gasteiger partial charge >= 0.3 is 39.5 Å². The van der Waals surface area contributed by atoms with Crippen LogP contribution in [0.1, 0.15) is 414 Å².